The number of ether oxygens (including phenoxy) is 2. The number of halogens is 2. The van der Waals surface area contributed by atoms with Gasteiger partial charge in [-0.1, -0.05) is 6.07 Å². The predicted molar refractivity (Wildman–Crippen MR) is 87.2 cm³/mol. The molecule has 6 nitrogen and oxygen atoms in total. The van der Waals surface area contributed by atoms with Crippen LogP contribution in [-0.2, 0) is 9.47 Å². The molecule has 0 saturated heterocycles. The van der Waals surface area contributed by atoms with Crippen molar-refractivity contribution in [1.29, 1.82) is 0 Å². The van der Waals surface area contributed by atoms with E-state index in [1.165, 1.54) is 21.0 Å². The second-order valence-corrected chi connectivity index (χ2v) is 5.63. The van der Waals surface area contributed by atoms with Crippen molar-refractivity contribution < 1.29 is 32.6 Å². The summed E-state index contributed by atoms with van der Waals surface area (Å²) in [4.78, 5) is 39.1. The molecule has 2 rings (SSSR count). The van der Waals surface area contributed by atoms with Gasteiger partial charge < -0.3 is 14.5 Å². The first-order chi connectivity index (χ1) is 12.2. The summed E-state index contributed by atoms with van der Waals surface area (Å²) in [7, 11) is 1.21. The number of carbonyl (C=O) groups excluding carboxylic acids is 3. The highest BCUT2D eigenvalue weighted by atomic mass is 19.1. The maximum absolute atomic E-state index is 13.6. The molecular weight excluding hydrogens is 348 g/mol. The molecule has 0 spiro atoms. The molecule has 0 unspecified atom stereocenters. The van der Waals surface area contributed by atoms with Gasteiger partial charge in [0.05, 0.1) is 18.4 Å². The minimum atomic E-state index is -1.33. The van der Waals surface area contributed by atoms with E-state index in [1.807, 2.05) is 0 Å². The van der Waals surface area contributed by atoms with E-state index >= 15 is 0 Å². The Kier molecular flexibility index (Phi) is 5.54. The van der Waals surface area contributed by atoms with E-state index in [-0.39, 0.29) is 11.3 Å². The SMILES string of the molecule is COC(=O)c1c(C)[nH]c(C(=O)[C@H](C)OC(=O)c2c(F)cccc2F)c1C. The van der Waals surface area contributed by atoms with Crippen LogP contribution in [0.1, 0.15) is 49.4 Å². The lowest BCUT2D eigenvalue weighted by atomic mass is 10.1. The first-order valence-corrected chi connectivity index (χ1v) is 7.65. The lowest BCUT2D eigenvalue weighted by Crippen LogP contribution is -2.26. The predicted octanol–water partition coefficient (Wildman–Crippen LogP) is 3.12. The molecule has 8 heteroatoms. The van der Waals surface area contributed by atoms with Crippen LogP contribution in [-0.4, -0.2) is 35.9 Å². The molecule has 0 aliphatic carbocycles. The van der Waals surface area contributed by atoms with E-state index in [1.54, 1.807) is 6.92 Å². The molecule has 0 fully saturated rings. The number of rotatable bonds is 5. The highest BCUT2D eigenvalue weighted by molar-refractivity contribution is 6.04. The molecule has 0 aliphatic rings. The Bertz CT molecular complexity index is 868. The monoisotopic (exact) mass is 365 g/mol. The third-order valence-corrected chi connectivity index (χ3v) is 3.89. The summed E-state index contributed by atoms with van der Waals surface area (Å²) in [5.41, 5.74) is 0.129. The minimum Gasteiger partial charge on any atom is -0.465 e. The summed E-state index contributed by atoms with van der Waals surface area (Å²) >= 11 is 0. The topological polar surface area (TPSA) is 85.5 Å². The van der Waals surface area contributed by atoms with Gasteiger partial charge in [-0.05, 0) is 38.5 Å². The number of hydrogen-bond acceptors (Lipinski definition) is 5. The Balaban J connectivity index is 2.26. The molecule has 1 aromatic carbocycles. The van der Waals surface area contributed by atoms with Crippen LogP contribution in [0.5, 0.6) is 0 Å². The molecule has 0 saturated carbocycles. The van der Waals surface area contributed by atoms with Crippen molar-refractivity contribution >= 4 is 17.7 Å². The van der Waals surface area contributed by atoms with Crippen LogP contribution in [0.3, 0.4) is 0 Å². The van der Waals surface area contributed by atoms with Crippen LogP contribution in [0, 0.1) is 25.5 Å². The average molecular weight is 365 g/mol. The molecule has 1 heterocycles. The second kappa shape index (κ2) is 7.47. The smallest absolute Gasteiger partial charge is 0.344 e. The number of esters is 2. The molecule has 1 aromatic heterocycles. The van der Waals surface area contributed by atoms with Crippen molar-refractivity contribution in [2.75, 3.05) is 7.11 Å². The summed E-state index contributed by atoms with van der Waals surface area (Å²) in [6, 6.07) is 2.93. The summed E-state index contributed by atoms with van der Waals surface area (Å²) < 4.78 is 36.8. The molecule has 2 aromatic rings. The number of aromatic nitrogens is 1. The first kappa shape index (κ1) is 19.3. The lowest BCUT2D eigenvalue weighted by molar-refractivity contribution is 0.0307. The molecule has 138 valence electrons. The Labute approximate surface area is 148 Å². The van der Waals surface area contributed by atoms with E-state index in [2.05, 4.69) is 9.72 Å². The van der Waals surface area contributed by atoms with Gasteiger partial charge in [0, 0.05) is 5.69 Å². The Morgan fingerprint density at radius 3 is 2.15 bits per heavy atom. The number of H-pyrrole nitrogens is 1. The van der Waals surface area contributed by atoms with Crippen LogP contribution in [0.2, 0.25) is 0 Å². The van der Waals surface area contributed by atoms with Gasteiger partial charge in [-0.2, -0.15) is 0 Å². The van der Waals surface area contributed by atoms with E-state index in [0.29, 0.717) is 11.3 Å². The Morgan fingerprint density at radius 1 is 1.04 bits per heavy atom. The lowest BCUT2D eigenvalue weighted by Gasteiger charge is -2.13. The Morgan fingerprint density at radius 2 is 1.62 bits per heavy atom. The van der Waals surface area contributed by atoms with E-state index in [0.717, 1.165) is 18.2 Å². The average Bonchev–Trinajstić information content (AvgIpc) is 2.87. The zero-order valence-electron chi connectivity index (χ0n) is 14.6. The molecule has 26 heavy (non-hydrogen) atoms. The standard InChI is InChI=1S/C18H17F2NO5/c1-8-13(17(23)25-4)9(2)21-15(8)16(22)10(3)26-18(24)14-11(19)6-5-7-12(14)20/h5-7,10,21H,1-4H3/t10-/m0/s1. The number of aryl methyl sites for hydroxylation is 1. The summed E-state index contributed by atoms with van der Waals surface area (Å²) in [6.45, 7) is 4.39. The van der Waals surface area contributed by atoms with Crippen molar-refractivity contribution in [2.45, 2.75) is 26.9 Å². The number of nitrogens with one attached hydrogen (secondary N) is 1. The van der Waals surface area contributed by atoms with Gasteiger partial charge in [-0.25, -0.2) is 18.4 Å². The third kappa shape index (κ3) is 3.49. The van der Waals surface area contributed by atoms with Crippen LogP contribution >= 0.6 is 0 Å². The van der Waals surface area contributed by atoms with Crippen molar-refractivity contribution in [3.63, 3.8) is 0 Å². The molecule has 0 aliphatic heterocycles. The summed E-state index contributed by atoms with van der Waals surface area (Å²) in [6.07, 6.45) is -1.33. The van der Waals surface area contributed by atoms with Gasteiger partial charge in [0.1, 0.15) is 17.2 Å². The quantitative estimate of drug-likeness (QED) is 0.650. The fourth-order valence-corrected chi connectivity index (χ4v) is 2.57. The highest BCUT2D eigenvalue weighted by Gasteiger charge is 2.29. The number of ketones is 1. The minimum absolute atomic E-state index is 0.0530. The fourth-order valence-electron chi connectivity index (χ4n) is 2.57. The van der Waals surface area contributed by atoms with Gasteiger partial charge in [-0.3, -0.25) is 4.79 Å². The van der Waals surface area contributed by atoms with Gasteiger partial charge in [0.25, 0.3) is 0 Å². The van der Waals surface area contributed by atoms with Crippen LogP contribution in [0.15, 0.2) is 18.2 Å². The summed E-state index contributed by atoms with van der Waals surface area (Å²) in [5, 5.41) is 0. The first-order valence-electron chi connectivity index (χ1n) is 7.65. The largest absolute Gasteiger partial charge is 0.465 e. The number of Topliss-reactive ketones (excluding diaryl/α,β-unsaturated/α-hetero) is 1. The second-order valence-electron chi connectivity index (χ2n) is 5.63. The van der Waals surface area contributed by atoms with Crippen LogP contribution in [0.25, 0.3) is 0 Å². The molecule has 0 bridgehead atoms. The van der Waals surface area contributed by atoms with Crippen molar-refractivity contribution in [3.8, 4) is 0 Å². The number of benzene rings is 1. The molecule has 0 radical (unpaired) electrons. The van der Waals surface area contributed by atoms with Crippen molar-refractivity contribution in [2.24, 2.45) is 0 Å². The maximum atomic E-state index is 13.6. The van der Waals surface area contributed by atoms with E-state index < -0.39 is 41.0 Å². The fraction of sp³-hybridized carbons (Fsp3) is 0.278. The van der Waals surface area contributed by atoms with E-state index in [9.17, 15) is 23.2 Å². The Hall–Kier alpha value is -3.03. The van der Waals surface area contributed by atoms with Gasteiger partial charge >= 0.3 is 11.9 Å². The number of methoxy groups -OCH3 is 1. The number of carbonyl (C=O) groups is 3. The van der Waals surface area contributed by atoms with Gasteiger partial charge in [0.15, 0.2) is 6.10 Å². The van der Waals surface area contributed by atoms with E-state index in [4.69, 9.17) is 4.74 Å². The molecule has 1 atom stereocenters. The number of hydrogen-bond donors (Lipinski definition) is 1. The highest BCUT2D eigenvalue weighted by Crippen LogP contribution is 2.21. The van der Waals surface area contributed by atoms with Crippen molar-refractivity contribution in [1.82, 2.24) is 4.98 Å². The van der Waals surface area contributed by atoms with Gasteiger partial charge in [-0.15, -0.1) is 0 Å². The zero-order valence-corrected chi connectivity index (χ0v) is 14.6. The van der Waals surface area contributed by atoms with Crippen LogP contribution < -0.4 is 0 Å². The summed E-state index contributed by atoms with van der Waals surface area (Å²) in [5.74, 6) is -4.74. The maximum Gasteiger partial charge on any atom is 0.344 e. The normalized spacial score (nSPS) is 11.8. The van der Waals surface area contributed by atoms with Gasteiger partial charge in [0.2, 0.25) is 5.78 Å². The third-order valence-electron chi connectivity index (χ3n) is 3.89. The zero-order chi connectivity index (χ0) is 19.6. The molecular formula is C18H17F2NO5. The number of aromatic amines is 1. The van der Waals surface area contributed by atoms with Crippen LogP contribution in [0.4, 0.5) is 8.78 Å². The molecule has 1 N–H and O–H groups in total. The molecule has 0 amide bonds. The van der Waals surface area contributed by atoms with Crippen molar-refractivity contribution in [3.05, 3.63) is 57.9 Å².